The number of amides is 1. The highest BCUT2D eigenvalue weighted by atomic mass is 35.5. The summed E-state index contributed by atoms with van der Waals surface area (Å²) < 4.78 is 13.0. The number of anilines is 1. The Kier molecular flexibility index (Phi) is 4.23. The zero-order valence-corrected chi connectivity index (χ0v) is 11.7. The van der Waals surface area contributed by atoms with Gasteiger partial charge in [-0.15, -0.1) is 0 Å². The van der Waals surface area contributed by atoms with Crippen molar-refractivity contribution in [3.63, 3.8) is 0 Å². The summed E-state index contributed by atoms with van der Waals surface area (Å²) in [5.74, 6) is -1.08. The summed E-state index contributed by atoms with van der Waals surface area (Å²) in [6.07, 6.45) is -0.229. The molecule has 1 heterocycles. The third kappa shape index (κ3) is 3.57. The Morgan fingerprint density at radius 1 is 1.33 bits per heavy atom. The van der Waals surface area contributed by atoms with Gasteiger partial charge in [0.2, 0.25) is 5.91 Å². The molecule has 1 aromatic carbocycles. The van der Waals surface area contributed by atoms with Crippen molar-refractivity contribution in [3.8, 4) is 0 Å². The Labute approximate surface area is 123 Å². The van der Waals surface area contributed by atoms with Crippen molar-refractivity contribution in [1.29, 1.82) is 0 Å². The average molecular weight is 312 g/mol. The zero-order valence-electron chi connectivity index (χ0n) is 10.9. The molecule has 0 aliphatic rings. The van der Waals surface area contributed by atoms with Gasteiger partial charge in [0.25, 0.3) is 5.56 Å². The number of carbonyl (C=O) groups excluding carboxylic acids is 1. The van der Waals surface area contributed by atoms with E-state index in [0.717, 1.165) is 6.07 Å². The van der Waals surface area contributed by atoms with E-state index in [0.29, 0.717) is 11.4 Å². The van der Waals surface area contributed by atoms with Crippen molar-refractivity contribution in [2.24, 2.45) is 0 Å². The van der Waals surface area contributed by atoms with Gasteiger partial charge in [-0.1, -0.05) is 11.6 Å². The molecule has 1 amide bonds. The van der Waals surface area contributed by atoms with Gasteiger partial charge >= 0.3 is 5.69 Å². The van der Waals surface area contributed by atoms with E-state index in [1.165, 1.54) is 19.1 Å². The summed E-state index contributed by atoms with van der Waals surface area (Å²) in [5.41, 5.74) is -0.475. The number of carbonyl (C=O) groups is 1. The molecule has 21 heavy (non-hydrogen) atoms. The predicted octanol–water partition coefficient (Wildman–Crippen LogP) is 1.35. The van der Waals surface area contributed by atoms with Crippen LogP contribution in [0.4, 0.5) is 10.1 Å². The van der Waals surface area contributed by atoms with Crippen LogP contribution >= 0.6 is 11.6 Å². The van der Waals surface area contributed by atoms with Gasteiger partial charge in [0.05, 0.1) is 11.4 Å². The SMILES string of the molecule is Cc1[nH]c(=O)[nH]c(=O)c1CC(=O)Nc1ccc(F)c(Cl)c1. The molecule has 2 aromatic rings. The number of rotatable bonds is 3. The maximum atomic E-state index is 13.0. The van der Waals surface area contributed by atoms with Crippen LogP contribution in [0.25, 0.3) is 0 Å². The van der Waals surface area contributed by atoms with E-state index >= 15 is 0 Å². The molecule has 0 aliphatic heterocycles. The highest BCUT2D eigenvalue weighted by Gasteiger charge is 2.12. The molecule has 0 unspecified atom stereocenters. The number of aromatic nitrogens is 2. The fraction of sp³-hybridized carbons (Fsp3) is 0.154. The second-order valence-corrected chi connectivity index (χ2v) is 4.77. The number of aromatic amines is 2. The third-order valence-electron chi connectivity index (χ3n) is 2.80. The number of nitrogens with one attached hydrogen (secondary N) is 3. The van der Waals surface area contributed by atoms with Crippen LogP contribution in [0.5, 0.6) is 0 Å². The molecular formula is C13H11ClFN3O3. The molecule has 0 saturated heterocycles. The van der Waals surface area contributed by atoms with E-state index in [9.17, 15) is 18.8 Å². The molecule has 0 bridgehead atoms. The topological polar surface area (TPSA) is 94.8 Å². The number of hydrogen-bond acceptors (Lipinski definition) is 3. The van der Waals surface area contributed by atoms with Gasteiger partial charge in [-0.3, -0.25) is 14.6 Å². The van der Waals surface area contributed by atoms with Crippen molar-refractivity contribution in [1.82, 2.24) is 9.97 Å². The molecule has 0 fully saturated rings. The van der Waals surface area contributed by atoms with E-state index in [1.807, 2.05) is 4.98 Å². The Morgan fingerprint density at radius 3 is 2.67 bits per heavy atom. The second-order valence-electron chi connectivity index (χ2n) is 4.37. The summed E-state index contributed by atoms with van der Waals surface area (Å²) in [6, 6.07) is 3.73. The molecule has 0 radical (unpaired) electrons. The summed E-state index contributed by atoms with van der Waals surface area (Å²) >= 11 is 5.60. The summed E-state index contributed by atoms with van der Waals surface area (Å²) in [4.78, 5) is 39.0. The van der Waals surface area contributed by atoms with Crippen LogP contribution in [0, 0.1) is 12.7 Å². The van der Waals surface area contributed by atoms with Gasteiger partial charge < -0.3 is 10.3 Å². The van der Waals surface area contributed by atoms with Gasteiger partial charge in [0, 0.05) is 16.9 Å². The summed E-state index contributed by atoms with van der Waals surface area (Å²) in [7, 11) is 0. The van der Waals surface area contributed by atoms with Gasteiger partial charge in [-0.25, -0.2) is 9.18 Å². The maximum absolute atomic E-state index is 13.0. The van der Waals surface area contributed by atoms with Crippen LogP contribution in [-0.4, -0.2) is 15.9 Å². The minimum absolute atomic E-state index is 0.120. The molecule has 1 aromatic heterocycles. The van der Waals surface area contributed by atoms with Gasteiger partial charge in [0.1, 0.15) is 5.82 Å². The van der Waals surface area contributed by atoms with E-state index < -0.39 is 23.0 Å². The lowest BCUT2D eigenvalue weighted by atomic mass is 10.1. The first-order chi connectivity index (χ1) is 9.86. The molecule has 2 rings (SSSR count). The molecule has 8 heteroatoms. The minimum Gasteiger partial charge on any atom is -0.326 e. The molecular weight excluding hydrogens is 301 g/mol. The van der Waals surface area contributed by atoms with Crippen molar-refractivity contribution in [3.05, 3.63) is 61.1 Å². The molecule has 0 spiro atoms. The molecule has 110 valence electrons. The van der Waals surface area contributed by atoms with E-state index in [4.69, 9.17) is 11.6 Å². The Bertz CT molecular complexity index is 813. The lowest BCUT2D eigenvalue weighted by Crippen LogP contribution is -2.29. The Balaban J connectivity index is 2.17. The standard InChI is InChI=1S/C13H11ClFN3O3/c1-6-8(12(20)18-13(21)16-6)5-11(19)17-7-2-3-10(15)9(14)4-7/h2-4H,5H2,1H3,(H,17,19)(H2,16,18,20,21). The first-order valence-corrected chi connectivity index (χ1v) is 6.31. The van der Waals surface area contributed by atoms with Gasteiger partial charge in [0.15, 0.2) is 0 Å². The fourth-order valence-electron chi connectivity index (χ4n) is 1.78. The zero-order chi connectivity index (χ0) is 15.6. The lowest BCUT2D eigenvalue weighted by Gasteiger charge is -2.07. The largest absolute Gasteiger partial charge is 0.326 e. The smallest absolute Gasteiger partial charge is 0.325 e. The molecule has 0 saturated carbocycles. The van der Waals surface area contributed by atoms with Crippen LogP contribution in [0.2, 0.25) is 5.02 Å². The third-order valence-corrected chi connectivity index (χ3v) is 3.09. The van der Waals surface area contributed by atoms with Crippen molar-refractivity contribution < 1.29 is 9.18 Å². The minimum atomic E-state index is -0.632. The first-order valence-electron chi connectivity index (χ1n) is 5.94. The monoisotopic (exact) mass is 311 g/mol. The van der Waals surface area contributed by atoms with E-state index in [-0.39, 0.29) is 17.0 Å². The second kappa shape index (κ2) is 5.92. The van der Waals surface area contributed by atoms with Crippen LogP contribution in [-0.2, 0) is 11.2 Å². The number of hydrogen-bond donors (Lipinski definition) is 3. The summed E-state index contributed by atoms with van der Waals surface area (Å²) in [6.45, 7) is 1.52. The molecule has 3 N–H and O–H groups in total. The van der Waals surface area contributed by atoms with Gasteiger partial charge in [-0.05, 0) is 25.1 Å². The molecule has 0 aliphatic carbocycles. The summed E-state index contributed by atoms with van der Waals surface area (Å²) in [5, 5.41) is 2.37. The number of H-pyrrole nitrogens is 2. The van der Waals surface area contributed by atoms with Gasteiger partial charge in [-0.2, -0.15) is 0 Å². The lowest BCUT2D eigenvalue weighted by molar-refractivity contribution is -0.115. The highest BCUT2D eigenvalue weighted by Crippen LogP contribution is 2.19. The van der Waals surface area contributed by atoms with Crippen LogP contribution < -0.4 is 16.6 Å². The quantitative estimate of drug-likeness (QED) is 0.798. The van der Waals surface area contributed by atoms with E-state index in [1.54, 1.807) is 0 Å². The Morgan fingerprint density at radius 2 is 2.05 bits per heavy atom. The fourth-order valence-corrected chi connectivity index (χ4v) is 1.96. The Hall–Kier alpha value is -2.41. The van der Waals surface area contributed by atoms with Crippen molar-refractivity contribution in [2.75, 3.05) is 5.32 Å². The number of benzene rings is 1. The normalized spacial score (nSPS) is 10.4. The first kappa shape index (κ1) is 15.0. The van der Waals surface area contributed by atoms with Crippen molar-refractivity contribution >= 4 is 23.2 Å². The predicted molar refractivity (Wildman–Crippen MR) is 76.2 cm³/mol. The van der Waals surface area contributed by atoms with E-state index in [2.05, 4.69) is 10.3 Å². The average Bonchev–Trinajstić information content (AvgIpc) is 2.38. The van der Waals surface area contributed by atoms with Crippen molar-refractivity contribution in [2.45, 2.75) is 13.3 Å². The molecule has 0 atom stereocenters. The highest BCUT2D eigenvalue weighted by molar-refractivity contribution is 6.31. The number of aryl methyl sites for hydroxylation is 1. The van der Waals surface area contributed by atoms with Crippen LogP contribution in [0.15, 0.2) is 27.8 Å². The van der Waals surface area contributed by atoms with Crippen LogP contribution in [0.1, 0.15) is 11.3 Å². The van der Waals surface area contributed by atoms with Crippen LogP contribution in [0.3, 0.4) is 0 Å². The maximum Gasteiger partial charge on any atom is 0.325 e. The molecule has 6 nitrogen and oxygen atoms in total. The number of halogens is 2.